The van der Waals surface area contributed by atoms with Gasteiger partial charge in [0.15, 0.2) is 0 Å². The van der Waals surface area contributed by atoms with Gasteiger partial charge in [-0.25, -0.2) is 4.98 Å². The summed E-state index contributed by atoms with van der Waals surface area (Å²) in [6.45, 7) is 4.18. The maximum atomic E-state index is 4.40. The van der Waals surface area contributed by atoms with E-state index in [-0.39, 0.29) is 0 Å². The number of nitrogens with one attached hydrogen (secondary N) is 2. The Bertz CT molecular complexity index is 279. The Balaban J connectivity index is 2.00. The maximum Gasteiger partial charge on any atom is 0.126 e. The Hall–Kier alpha value is -1.09. The van der Waals surface area contributed by atoms with Gasteiger partial charge in [-0.2, -0.15) is 0 Å². The van der Waals surface area contributed by atoms with Gasteiger partial charge in [0, 0.05) is 18.3 Å². The first kappa shape index (κ1) is 8.51. The number of aryl methyl sites for hydroxylation is 1. The maximum absolute atomic E-state index is 4.40. The van der Waals surface area contributed by atoms with E-state index in [2.05, 4.69) is 15.6 Å². The highest BCUT2D eigenvalue weighted by atomic mass is 15.1. The number of pyridine rings is 1. The van der Waals surface area contributed by atoms with E-state index < -0.39 is 0 Å². The standard InChI is InChI=1S/C10H15N3/c1-8-3-2-4-10(12-8)13-9-5-6-11-7-9/h2-4,9,11H,5-7H2,1H3,(H,12,13). The van der Waals surface area contributed by atoms with Crippen molar-refractivity contribution in [2.24, 2.45) is 0 Å². The molecule has 0 aromatic carbocycles. The quantitative estimate of drug-likeness (QED) is 0.712. The van der Waals surface area contributed by atoms with Gasteiger partial charge in [-0.3, -0.25) is 0 Å². The number of hydrogen-bond acceptors (Lipinski definition) is 3. The van der Waals surface area contributed by atoms with Crippen LogP contribution in [0.5, 0.6) is 0 Å². The smallest absolute Gasteiger partial charge is 0.126 e. The predicted molar refractivity (Wildman–Crippen MR) is 53.9 cm³/mol. The molecule has 0 aliphatic carbocycles. The van der Waals surface area contributed by atoms with Crippen LogP contribution in [0.1, 0.15) is 12.1 Å². The largest absolute Gasteiger partial charge is 0.366 e. The molecule has 0 radical (unpaired) electrons. The van der Waals surface area contributed by atoms with Crippen molar-refractivity contribution in [1.29, 1.82) is 0 Å². The van der Waals surface area contributed by atoms with E-state index in [1.807, 2.05) is 25.1 Å². The normalized spacial score (nSPS) is 21.8. The summed E-state index contributed by atoms with van der Waals surface area (Å²) >= 11 is 0. The minimum absolute atomic E-state index is 0.550. The number of aromatic nitrogens is 1. The number of rotatable bonds is 2. The summed E-state index contributed by atoms with van der Waals surface area (Å²) in [6, 6.07) is 6.62. The molecule has 13 heavy (non-hydrogen) atoms. The Labute approximate surface area is 78.6 Å². The number of hydrogen-bond donors (Lipinski definition) is 2. The summed E-state index contributed by atoms with van der Waals surface area (Å²) in [6.07, 6.45) is 1.19. The van der Waals surface area contributed by atoms with E-state index in [4.69, 9.17) is 0 Å². The highest BCUT2D eigenvalue weighted by molar-refractivity contribution is 5.36. The molecule has 1 aromatic rings. The fraction of sp³-hybridized carbons (Fsp3) is 0.500. The first-order chi connectivity index (χ1) is 6.34. The molecule has 2 heterocycles. The summed E-state index contributed by atoms with van der Waals surface area (Å²) < 4.78 is 0. The Morgan fingerprint density at radius 1 is 1.54 bits per heavy atom. The fourth-order valence-electron chi connectivity index (χ4n) is 1.61. The molecule has 3 nitrogen and oxygen atoms in total. The van der Waals surface area contributed by atoms with E-state index in [1.165, 1.54) is 6.42 Å². The van der Waals surface area contributed by atoms with Crippen LogP contribution in [0, 0.1) is 6.92 Å². The van der Waals surface area contributed by atoms with Crippen LogP contribution in [0.25, 0.3) is 0 Å². The second-order valence-electron chi connectivity index (χ2n) is 3.50. The average molecular weight is 177 g/mol. The second-order valence-corrected chi connectivity index (χ2v) is 3.50. The van der Waals surface area contributed by atoms with E-state index in [1.54, 1.807) is 0 Å². The van der Waals surface area contributed by atoms with Gasteiger partial charge in [-0.05, 0) is 32.0 Å². The third kappa shape index (κ3) is 2.18. The van der Waals surface area contributed by atoms with Crippen molar-refractivity contribution >= 4 is 5.82 Å². The Morgan fingerprint density at radius 3 is 3.15 bits per heavy atom. The number of anilines is 1. The van der Waals surface area contributed by atoms with Crippen LogP contribution in [0.2, 0.25) is 0 Å². The van der Waals surface area contributed by atoms with Crippen molar-refractivity contribution in [1.82, 2.24) is 10.3 Å². The van der Waals surface area contributed by atoms with Crippen molar-refractivity contribution in [2.45, 2.75) is 19.4 Å². The first-order valence-electron chi connectivity index (χ1n) is 4.75. The molecular formula is C10H15N3. The molecule has 1 saturated heterocycles. The lowest BCUT2D eigenvalue weighted by molar-refractivity contribution is 0.787. The summed E-state index contributed by atoms with van der Waals surface area (Å²) in [5.74, 6) is 0.994. The van der Waals surface area contributed by atoms with Gasteiger partial charge in [0.2, 0.25) is 0 Å². The van der Waals surface area contributed by atoms with E-state index >= 15 is 0 Å². The van der Waals surface area contributed by atoms with Gasteiger partial charge in [-0.1, -0.05) is 6.07 Å². The minimum Gasteiger partial charge on any atom is -0.366 e. The molecule has 70 valence electrons. The van der Waals surface area contributed by atoms with Crippen molar-refractivity contribution in [3.63, 3.8) is 0 Å². The molecule has 1 aliphatic heterocycles. The summed E-state index contributed by atoms with van der Waals surface area (Å²) in [4.78, 5) is 4.40. The van der Waals surface area contributed by atoms with Crippen LogP contribution in [-0.4, -0.2) is 24.1 Å². The average Bonchev–Trinajstić information content (AvgIpc) is 2.57. The van der Waals surface area contributed by atoms with Gasteiger partial charge >= 0.3 is 0 Å². The minimum atomic E-state index is 0.550. The molecule has 1 aromatic heterocycles. The van der Waals surface area contributed by atoms with Gasteiger partial charge in [-0.15, -0.1) is 0 Å². The molecule has 0 bridgehead atoms. The molecule has 1 atom stereocenters. The van der Waals surface area contributed by atoms with E-state index in [0.717, 1.165) is 24.6 Å². The van der Waals surface area contributed by atoms with Crippen molar-refractivity contribution in [3.8, 4) is 0 Å². The molecule has 3 heteroatoms. The lowest BCUT2D eigenvalue weighted by Gasteiger charge is -2.11. The van der Waals surface area contributed by atoms with Crippen LogP contribution in [-0.2, 0) is 0 Å². The first-order valence-corrected chi connectivity index (χ1v) is 4.75. The van der Waals surface area contributed by atoms with Gasteiger partial charge in [0.1, 0.15) is 5.82 Å². The molecule has 1 fully saturated rings. The van der Waals surface area contributed by atoms with Crippen LogP contribution >= 0.6 is 0 Å². The highest BCUT2D eigenvalue weighted by Crippen LogP contribution is 2.08. The topological polar surface area (TPSA) is 37.0 Å². The molecule has 1 aliphatic rings. The molecule has 2 rings (SSSR count). The van der Waals surface area contributed by atoms with Gasteiger partial charge < -0.3 is 10.6 Å². The molecule has 0 saturated carbocycles. The van der Waals surface area contributed by atoms with E-state index in [0.29, 0.717) is 6.04 Å². The Kier molecular flexibility index (Phi) is 2.45. The van der Waals surface area contributed by atoms with Crippen LogP contribution in [0.4, 0.5) is 5.82 Å². The van der Waals surface area contributed by atoms with Crippen LogP contribution in [0.15, 0.2) is 18.2 Å². The molecular weight excluding hydrogens is 162 g/mol. The summed E-state index contributed by atoms with van der Waals surface area (Å²) in [5, 5.41) is 6.72. The van der Waals surface area contributed by atoms with Gasteiger partial charge in [0.05, 0.1) is 0 Å². The molecule has 0 amide bonds. The summed E-state index contributed by atoms with van der Waals surface area (Å²) in [7, 11) is 0. The third-order valence-electron chi connectivity index (χ3n) is 2.30. The monoisotopic (exact) mass is 177 g/mol. The van der Waals surface area contributed by atoms with Crippen molar-refractivity contribution in [3.05, 3.63) is 23.9 Å². The highest BCUT2D eigenvalue weighted by Gasteiger charge is 2.13. The third-order valence-corrected chi connectivity index (χ3v) is 2.30. The second kappa shape index (κ2) is 3.75. The lowest BCUT2D eigenvalue weighted by atomic mass is 10.2. The SMILES string of the molecule is Cc1cccc(NC2CCNC2)n1. The zero-order valence-corrected chi connectivity index (χ0v) is 7.88. The van der Waals surface area contributed by atoms with Crippen LogP contribution < -0.4 is 10.6 Å². The fourth-order valence-corrected chi connectivity index (χ4v) is 1.61. The zero-order valence-electron chi connectivity index (χ0n) is 7.88. The lowest BCUT2D eigenvalue weighted by Crippen LogP contribution is -2.22. The van der Waals surface area contributed by atoms with Crippen molar-refractivity contribution < 1.29 is 0 Å². The molecule has 1 unspecified atom stereocenters. The molecule has 2 N–H and O–H groups in total. The van der Waals surface area contributed by atoms with E-state index in [9.17, 15) is 0 Å². The summed E-state index contributed by atoms with van der Waals surface area (Å²) in [5.41, 5.74) is 1.07. The Morgan fingerprint density at radius 2 is 2.46 bits per heavy atom. The van der Waals surface area contributed by atoms with Crippen LogP contribution in [0.3, 0.4) is 0 Å². The van der Waals surface area contributed by atoms with Gasteiger partial charge in [0.25, 0.3) is 0 Å². The number of nitrogens with zero attached hydrogens (tertiary/aromatic N) is 1. The zero-order chi connectivity index (χ0) is 9.10. The predicted octanol–water partition coefficient (Wildman–Crippen LogP) is 1.16. The molecule has 0 spiro atoms. The van der Waals surface area contributed by atoms with Crippen molar-refractivity contribution in [2.75, 3.05) is 18.4 Å².